The number of thioether (sulfide) groups is 1. The molecule has 2 N–H and O–H groups in total. The standard InChI is InChI=1S/C14H14FNO2S/c15-11-5-6-12(10(9-11)3-1-7-17)16-14(18)13-4-2-8-19-13/h5-6,9,13,17H,2,4,7-8H2,(H,16,18). The van der Waals surface area contributed by atoms with Crippen LogP contribution < -0.4 is 5.32 Å². The van der Waals surface area contributed by atoms with Crippen molar-refractivity contribution in [1.29, 1.82) is 0 Å². The van der Waals surface area contributed by atoms with Crippen molar-refractivity contribution in [2.45, 2.75) is 18.1 Å². The lowest BCUT2D eigenvalue weighted by molar-refractivity contribution is -0.115. The molecule has 1 amide bonds. The summed E-state index contributed by atoms with van der Waals surface area (Å²) in [6.45, 7) is -0.303. The highest BCUT2D eigenvalue weighted by atomic mass is 32.2. The highest BCUT2D eigenvalue weighted by Crippen LogP contribution is 2.27. The Bertz CT molecular complexity index is 530. The van der Waals surface area contributed by atoms with Crippen LogP contribution in [0.5, 0.6) is 0 Å². The Kier molecular flexibility index (Phi) is 4.83. The number of hydrogen-bond donors (Lipinski definition) is 2. The van der Waals surface area contributed by atoms with Gasteiger partial charge in [0.15, 0.2) is 0 Å². The van der Waals surface area contributed by atoms with Crippen LogP contribution in [0.15, 0.2) is 18.2 Å². The van der Waals surface area contributed by atoms with Crippen molar-refractivity contribution in [1.82, 2.24) is 0 Å². The zero-order valence-electron chi connectivity index (χ0n) is 10.3. The molecule has 0 spiro atoms. The molecule has 5 heteroatoms. The molecule has 3 nitrogen and oxygen atoms in total. The molecular weight excluding hydrogens is 265 g/mol. The summed E-state index contributed by atoms with van der Waals surface area (Å²) in [4.78, 5) is 12.0. The molecule has 0 aliphatic carbocycles. The predicted octanol–water partition coefficient (Wildman–Crippen LogP) is 2.00. The number of aliphatic hydroxyl groups is 1. The van der Waals surface area contributed by atoms with E-state index in [1.807, 2.05) is 0 Å². The maximum atomic E-state index is 13.2. The lowest BCUT2D eigenvalue weighted by Gasteiger charge is -2.11. The first kappa shape index (κ1) is 13.9. The number of anilines is 1. The van der Waals surface area contributed by atoms with E-state index in [4.69, 9.17) is 5.11 Å². The summed E-state index contributed by atoms with van der Waals surface area (Å²) < 4.78 is 13.2. The second kappa shape index (κ2) is 6.60. The number of nitrogens with one attached hydrogen (secondary N) is 1. The molecular formula is C14H14FNO2S. The third-order valence-corrected chi connectivity index (χ3v) is 4.14. The molecule has 1 heterocycles. The monoisotopic (exact) mass is 279 g/mol. The Hall–Kier alpha value is -1.51. The summed E-state index contributed by atoms with van der Waals surface area (Å²) in [6, 6.07) is 4.02. The van der Waals surface area contributed by atoms with Crippen LogP contribution in [0, 0.1) is 17.7 Å². The number of hydrogen-bond acceptors (Lipinski definition) is 3. The summed E-state index contributed by atoms with van der Waals surface area (Å²) in [7, 11) is 0. The summed E-state index contributed by atoms with van der Waals surface area (Å²) >= 11 is 1.63. The molecule has 1 saturated heterocycles. The first-order valence-electron chi connectivity index (χ1n) is 6.02. The zero-order chi connectivity index (χ0) is 13.7. The van der Waals surface area contributed by atoms with E-state index < -0.39 is 5.82 Å². The molecule has 1 aromatic rings. The molecule has 1 aliphatic rings. The van der Waals surface area contributed by atoms with Gasteiger partial charge in [-0.2, -0.15) is 0 Å². The summed E-state index contributed by atoms with van der Waals surface area (Å²) in [5, 5.41) is 11.4. The fourth-order valence-electron chi connectivity index (χ4n) is 1.86. The van der Waals surface area contributed by atoms with Crippen LogP contribution in [-0.2, 0) is 4.79 Å². The Morgan fingerprint density at radius 1 is 1.58 bits per heavy atom. The molecule has 0 bridgehead atoms. The van der Waals surface area contributed by atoms with Crippen molar-refractivity contribution < 1.29 is 14.3 Å². The van der Waals surface area contributed by atoms with Crippen LogP contribution in [0.4, 0.5) is 10.1 Å². The number of amides is 1. The van der Waals surface area contributed by atoms with Gasteiger partial charge >= 0.3 is 0 Å². The van der Waals surface area contributed by atoms with Crippen LogP contribution in [0.3, 0.4) is 0 Å². The van der Waals surface area contributed by atoms with Crippen LogP contribution in [-0.4, -0.2) is 28.6 Å². The Balaban J connectivity index is 2.16. The van der Waals surface area contributed by atoms with Crippen molar-refractivity contribution in [2.75, 3.05) is 17.7 Å². The molecule has 1 aromatic carbocycles. The maximum absolute atomic E-state index is 13.2. The lowest BCUT2D eigenvalue weighted by atomic mass is 10.1. The highest BCUT2D eigenvalue weighted by Gasteiger charge is 2.23. The van der Waals surface area contributed by atoms with Crippen molar-refractivity contribution >= 4 is 23.4 Å². The fourth-order valence-corrected chi connectivity index (χ4v) is 3.02. The summed E-state index contributed by atoms with van der Waals surface area (Å²) in [5.41, 5.74) is 0.866. The lowest BCUT2D eigenvalue weighted by Crippen LogP contribution is -2.23. The first-order valence-corrected chi connectivity index (χ1v) is 7.07. The number of carbonyl (C=O) groups is 1. The van der Waals surface area contributed by atoms with Crippen LogP contribution in [0.25, 0.3) is 0 Å². The van der Waals surface area contributed by atoms with Gasteiger partial charge in [-0.25, -0.2) is 4.39 Å². The van der Waals surface area contributed by atoms with Crippen molar-refractivity contribution in [3.05, 3.63) is 29.6 Å². The normalized spacial score (nSPS) is 17.7. The van der Waals surface area contributed by atoms with Gasteiger partial charge in [-0.3, -0.25) is 4.79 Å². The Morgan fingerprint density at radius 2 is 2.42 bits per heavy atom. The second-order valence-corrected chi connectivity index (χ2v) is 5.45. The van der Waals surface area contributed by atoms with Crippen molar-refractivity contribution in [3.63, 3.8) is 0 Å². The number of aliphatic hydroxyl groups excluding tert-OH is 1. The minimum atomic E-state index is -0.421. The van der Waals surface area contributed by atoms with Crippen molar-refractivity contribution in [2.24, 2.45) is 0 Å². The number of halogens is 1. The predicted molar refractivity (Wildman–Crippen MR) is 74.5 cm³/mol. The SMILES string of the molecule is O=C(Nc1ccc(F)cc1C#CCO)C1CCCS1. The minimum Gasteiger partial charge on any atom is -0.384 e. The van der Waals surface area contributed by atoms with Gasteiger partial charge in [0.25, 0.3) is 0 Å². The molecule has 100 valence electrons. The number of carbonyl (C=O) groups excluding carboxylic acids is 1. The van der Waals surface area contributed by atoms with Gasteiger partial charge in [-0.1, -0.05) is 11.8 Å². The van der Waals surface area contributed by atoms with Gasteiger partial charge in [0.2, 0.25) is 5.91 Å². The van der Waals surface area contributed by atoms with E-state index in [9.17, 15) is 9.18 Å². The van der Waals surface area contributed by atoms with Gasteiger partial charge < -0.3 is 10.4 Å². The van der Waals surface area contributed by atoms with Gasteiger partial charge in [-0.15, -0.1) is 11.8 Å². The Labute approximate surface area is 115 Å². The summed E-state index contributed by atoms with van der Waals surface area (Å²) in [5.74, 6) is 5.60. The van der Waals surface area contributed by atoms with Gasteiger partial charge in [0.05, 0.1) is 16.5 Å². The largest absolute Gasteiger partial charge is 0.384 e. The van der Waals surface area contributed by atoms with Gasteiger partial charge in [0, 0.05) is 0 Å². The average molecular weight is 279 g/mol. The van der Waals surface area contributed by atoms with Crippen molar-refractivity contribution in [3.8, 4) is 11.8 Å². The van der Waals surface area contributed by atoms with Gasteiger partial charge in [0.1, 0.15) is 12.4 Å². The van der Waals surface area contributed by atoms with Crippen LogP contribution >= 0.6 is 11.8 Å². The maximum Gasteiger partial charge on any atom is 0.237 e. The van der Waals surface area contributed by atoms with E-state index in [0.29, 0.717) is 11.3 Å². The third kappa shape index (κ3) is 3.72. The van der Waals surface area contributed by atoms with Crippen LogP contribution in [0.1, 0.15) is 18.4 Å². The average Bonchev–Trinajstić information content (AvgIpc) is 2.93. The van der Waals surface area contributed by atoms with E-state index in [1.54, 1.807) is 11.8 Å². The van der Waals surface area contributed by atoms with E-state index >= 15 is 0 Å². The molecule has 1 fully saturated rings. The molecule has 0 saturated carbocycles. The molecule has 19 heavy (non-hydrogen) atoms. The first-order chi connectivity index (χ1) is 9.20. The molecule has 1 unspecified atom stereocenters. The van der Waals surface area contributed by atoms with E-state index in [2.05, 4.69) is 17.2 Å². The van der Waals surface area contributed by atoms with E-state index in [-0.39, 0.29) is 17.8 Å². The quantitative estimate of drug-likeness (QED) is 0.814. The Morgan fingerprint density at radius 3 is 3.11 bits per heavy atom. The molecule has 2 rings (SSSR count). The minimum absolute atomic E-state index is 0.0382. The molecule has 0 radical (unpaired) electrons. The smallest absolute Gasteiger partial charge is 0.237 e. The summed E-state index contributed by atoms with van der Waals surface area (Å²) in [6.07, 6.45) is 1.92. The van der Waals surface area contributed by atoms with Gasteiger partial charge in [-0.05, 0) is 36.8 Å². The molecule has 1 aliphatic heterocycles. The van der Waals surface area contributed by atoms with Crippen LogP contribution in [0.2, 0.25) is 0 Å². The zero-order valence-corrected chi connectivity index (χ0v) is 11.1. The topological polar surface area (TPSA) is 49.3 Å². The fraction of sp³-hybridized carbons (Fsp3) is 0.357. The number of benzene rings is 1. The third-order valence-electron chi connectivity index (χ3n) is 2.76. The van der Waals surface area contributed by atoms with E-state index in [1.165, 1.54) is 18.2 Å². The number of rotatable bonds is 2. The molecule has 0 aromatic heterocycles. The van der Waals surface area contributed by atoms with E-state index in [0.717, 1.165) is 18.6 Å². The highest BCUT2D eigenvalue weighted by molar-refractivity contribution is 8.00. The second-order valence-electron chi connectivity index (χ2n) is 4.14. The molecule has 1 atom stereocenters.